The Balaban J connectivity index is 1.31. The third-order valence-corrected chi connectivity index (χ3v) is 5.89. The molecule has 0 bridgehead atoms. The molecule has 0 spiro atoms. The van der Waals surface area contributed by atoms with Crippen LogP contribution in [0, 0.1) is 17.8 Å². The molecule has 142 valence electrons. The minimum absolute atomic E-state index is 0.0340. The first-order chi connectivity index (χ1) is 12.1. The van der Waals surface area contributed by atoms with Crippen LogP contribution >= 0.6 is 0 Å². The summed E-state index contributed by atoms with van der Waals surface area (Å²) in [6.07, 6.45) is 6.69. The third kappa shape index (κ3) is 5.42. The molecule has 3 fully saturated rings. The Morgan fingerprint density at radius 3 is 2.64 bits per heavy atom. The van der Waals surface area contributed by atoms with Crippen LogP contribution in [0.25, 0.3) is 0 Å². The summed E-state index contributed by atoms with van der Waals surface area (Å²) in [7, 11) is 0. The van der Waals surface area contributed by atoms with E-state index < -0.39 is 6.10 Å². The number of hydrogen-bond acceptors (Lipinski definition) is 5. The van der Waals surface area contributed by atoms with Gasteiger partial charge in [-0.15, -0.1) is 0 Å². The van der Waals surface area contributed by atoms with Gasteiger partial charge in [-0.1, -0.05) is 32.1 Å². The second-order valence-electron chi connectivity index (χ2n) is 7.73. The van der Waals surface area contributed by atoms with E-state index in [0.717, 1.165) is 39.3 Å². The van der Waals surface area contributed by atoms with Gasteiger partial charge < -0.3 is 14.8 Å². The predicted molar refractivity (Wildman–Crippen MR) is 94.0 cm³/mol. The lowest BCUT2D eigenvalue weighted by Gasteiger charge is -2.26. The Bertz CT molecular complexity index is 458. The molecule has 0 aromatic heterocycles. The summed E-state index contributed by atoms with van der Waals surface area (Å²) >= 11 is 0. The highest BCUT2D eigenvalue weighted by atomic mass is 16.5. The number of morpholine rings is 1. The molecule has 1 heterocycles. The molecule has 1 saturated heterocycles. The van der Waals surface area contributed by atoms with Crippen LogP contribution in [0.15, 0.2) is 0 Å². The van der Waals surface area contributed by atoms with Gasteiger partial charge in [-0.2, -0.15) is 0 Å². The van der Waals surface area contributed by atoms with Gasteiger partial charge in [0, 0.05) is 26.2 Å². The van der Waals surface area contributed by atoms with Crippen molar-refractivity contribution in [3.8, 4) is 0 Å². The van der Waals surface area contributed by atoms with E-state index in [1.165, 1.54) is 32.1 Å². The van der Waals surface area contributed by atoms with Crippen molar-refractivity contribution in [2.75, 3.05) is 39.4 Å². The molecule has 25 heavy (non-hydrogen) atoms. The number of nitrogens with zero attached hydrogens (tertiary/aromatic N) is 1. The summed E-state index contributed by atoms with van der Waals surface area (Å²) in [6, 6.07) is 0. The Kier molecular flexibility index (Phi) is 6.70. The van der Waals surface area contributed by atoms with Crippen LogP contribution in [0.3, 0.4) is 0 Å². The van der Waals surface area contributed by atoms with E-state index in [0.29, 0.717) is 18.4 Å². The zero-order valence-corrected chi connectivity index (χ0v) is 15.4. The zero-order chi connectivity index (χ0) is 17.6. The van der Waals surface area contributed by atoms with Crippen molar-refractivity contribution in [3.05, 3.63) is 0 Å². The highest BCUT2D eigenvalue weighted by Gasteiger charge is 2.49. The number of carbonyl (C=O) groups is 2. The predicted octanol–water partition coefficient (Wildman–Crippen LogP) is 1.58. The van der Waals surface area contributed by atoms with Gasteiger partial charge in [-0.05, 0) is 25.2 Å². The fraction of sp³-hybridized carbons (Fsp3) is 0.895. The second kappa shape index (κ2) is 8.99. The maximum absolute atomic E-state index is 12.3. The topological polar surface area (TPSA) is 67.9 Å². The van der Waals surface area contributed by atoms with E-state index in [4.69, 9.17) is 9.47 Å². The monoisotopic (exact) mass is 352 g/mol. The van der Waals surface area contributed by atoms with Crippen LogP contribution in [-0.4, -0.2) is 62.3 Å². The molecule has 2 aliphatic carbocycles. The van der Waals surface area contributed by atoms with E-state index in [-0.39, 0.29) is 17.8 Å². The third-order valence-electron chi connectivity index (χ3n) is 5.89. The van der Waals surface area contributed by atoms with Crippen LogP contribution in [0.5, 0.6) is 0 Å². The fourth-order valence-electron chi connectivity index (χ4n) is 4.19. The minimum Gasteiger partial charge on any atom is -0.452 e. The van der Waals surface area contributed by atoms with Crippen molar-refractivity contribution in [1.29, 1.82) is 0 Å². The summed E-state index contributed by atoms with van der Waals surface area (Å²) < 4.78 is 10.7. The van der Waals surface area contributed by atoms with Gasteiger partial charge in [-0.25, -0.2) is 0 Å². The van der Waals surface area contributed by atoms with E-state index in [1.807, 2.05) is 0 Å². The van der Waals surface area contributed by atoms with E-state index in [9.17, 15) is 9.59 Å². The molecule has 6 heteroatoms. The molecule has 0 aromatic carbocycles. The Hall–Kier alpha value is -1.14. The van der Waals surface area contributed by atoms with Crippen LogP contribution in [-0.2, 0) is 19.1 Å². The Labute approximate surface area is 150 Å². The molecule has 1 amide bonds. The number of amides is 1. The molecule has 3 atom stereocenters. The summed E-state index contributed by atoms with van der Waals surface area (Å²) in [4.78, 5) is 26.6. The molecule has 1 N–H and O–H groups in total. The first-order valence-electron chi connectivity index (χ1n) is 9.93. The van der Waals surface area contributed by atoms with Crippen LogP contribution in [0.2, 0.25) is 0 Å². The Morgan fingerprint density at radius 1 is 1.20 bits per heavy atom. The van der Waals surface area contributed by atoms with Crippen molar-refractivity contribution in [2.45, 2.75) is 51.6 Å². The molecule has 1 aliphatic heterocycles. The molecule has 0 aromatic rings. The number of rotatable bonds is 7. The van der Waals surface area contributed by atoms with Crippen molar-refractivity contribution in [3.63, 3.8) is 0 Å². The molecule has 3 rings (SSSR count). The van der Waals surface area contributed by atoms with Crippen molar-refractivity contribution in [1.82, 2.24) is 10.2 Å². The van der Waals surface area contributed by atoms with Crippen LogP contribution in [0.1, 0.15) is 45.4 Å². The fourth-order valence-corrected chi connectivity index (χ4v) is 4.19. The van der Waals surface area contributed by atoms with Crippen molar-refractivity contribution in [2.24, 2.45) is 17.8 Å². The highest BCUT2D eigenvalue weighted by molar-refractivity contribution is 5.84. The Morgan fingerprint density at radius 2 is 1.92 bits per heavy atom. The summed E-state index contributed by atoms with van der Waals surface area (Å²) in [5.41, 5.74) is 0. The SMILES string of the molecule is C[C@H](OC(=O)[C@@H]1C[C@@H]1C1CCCCC1)C(=O)NCCN1CCOCC1. The maximum atomic E-state index is 12.3. The van der Waals surface area contributed by atoms with E-state index in [2.05, 4.69) is 10.2 Å². The van der Waals surface area contributed by atoms with Gasteiger partial charge in [0.2, 0.25) is 0 Å². The van der Waals surface area contributed by atoms with Crippen LogP contribution < -0.4 is 5.32 Å². The molecular weight excluding hydrogens is 320 g/mol. The van der Waals surface area contributed by atoms with Gasteiger partial charge in [0.1, 0.15) is 0 Å². The van der Waals surface area contributed by atoms with Crippen LogP contribution in [0.4, 0.5) is 0 Å². The highest BCUT2D eigenvalue weighted by Crippen LogP contribution is 2.49. The van der Waals surface area contributed by atoms with Crippen molar-refractivity contribution < 1.29 is 19.1 Å². The number of carbonyl (C=O) groups excluding carboxylic acids is 2. The molecular formula is C19H32N2O4. The van der Waals surface area contributed by atoms with E-state index in [1.54, 1.807) is 6.92 Å². The largest absolute Gasteiger partial charge is 0.452 e. The quantitative estimate of drug-likeness (QED) is 0.705. The maximum Gasteiger partial charge on any atom is 0.310 e. The molecule has 2 saturated carbocycles. The van der Waals surface area contributed by atoms with Gasteiger partial charge in [0.05, 0.1) is 19.1 Å². The average molecular weight is 352 g/mol. The van der Waals surface area contributed by atoms with E-state index >= 15 is 0 Å². The lowest BCUT2D eigenvalue weighted by molar-refractivity contribution is -0.156. The molecule has 0 radical (unpaired) electrons. The lowest BCUT2D eigenvalue weighted by atomic mass is 9.85. The number of nitrogens with one attached hydrogen (secondary N) is 1. The summed E-state index contributed by atoms with van der Waals surface area (Å²) in [5, 5.41) is 2.87. The standard InChI is InChI=1S/C19H32N2O4/c1-14(18(22)20-7-8-21-9-11-24-12-10-21)25-19(23)17-13-16(17)15-5-3-2-4-6-15/h14-17H,2-13H2,1H3,(H,20,22)/t14-,16+,17+/m0/s1. The van der Waals surface area contributed by atoms with Crippen molar-refractivity contribution >= 4 is 11.9 Å². The minimum atomic E-state index is -0.704. The average Bonchev–Trinajstić information content (AvgIpc) is 3.44. The van der Waals surface area contributed by atoms with Gasteiger partial charge in [0.15, 0.2) is 6.10 Å². The number of esters is 1. The number of ether oxygens (including phenoxy) is 2. The lowest BCUT2D eigenvalue weighted by Crippen LogP contribution is -2.43. The second-order valence-corrected chi connectivity index (χ2v) is 7.73. The summed E-state index contributed by atoms with van der Waals surface area (Å²) in [5.74, 6) is 0.864. The molecule has 6 nitrogen and oxygen atoms in total. The van der Waals surface area contributed by atoms with Gasteiger partial charge in [-0.3, -0.25) is 14.5 Å². The zero-order valence-electron chi connectivity index (χ0n) is 15.4. The normalized spacial score (nSPS) is 29.0. The first-order valence-corrected chi connectivity index (χ1v) is 9.93. The molecule has 3 aliphatic rings. The number of hydrogen-bond donors (Lipinski definition) is 1. The van der Waals surface area contributed by atoms with Gasteiger partial charge in [0.25, 0.3) is 5.91 Å². The smallest absolute Gasteiger partial charge is 0.310 e. The molecule has 0 unspecified atom stereocenters. The van der Waals surface area contributed by atoms with Gasteiger partial charge >= 0.3 is 5.97 Å². The first kappa shape index (κ1) is 18.6. The summed E-state index contributed by atoms with van der Waals surface area (Å²) in [6.45, 7) is 6.38.